The normalized spacial score (nSPS) is 16.8. The number of carbonyl (C=O) groups excluding carboxylic acids is 1. The van der Waals surface area contributed by atoms with E-state index in [1.54, 1.807) is 0 Å². The number of benzene rings is 2. The predicted molar refractivity (Wildman–Crippen MR) is 92.4 cm³/mol. The molecule has 0 saturated heterocycles. The fourth-order valence-corrected chi connectivity index (χ4v) is 3.64. The number of ketones is 1. The van der Waals surface area contributed by atoms with Gasteiger partial charge in [0.1, 0.15) is 9.79 Å². The Bertz CT molecular complexity index is 1120. The van der Waals surface area contributed by atoms with E-state index in [2.05, 4.69) is 0 Å². The summed E-state index contributed by atoms with van der Waals surface area (Å²) in [4.78, 5) is 24.7. The van der Waals surface area contributed by atoms with Gasteiger partial charge < -0.3 is 0 Å². The highest BCUT2D eigenvalue weighted by Gasteiger charge is 2.67. The first-order valence-corrected chi connectivity index (χ1v) is 11.2. The molecule has 0 aliphatic heterocycles. The summed E-state index contributed by atoms with van der Waals surface area (Å²) in [6.45, 7) is 0. The Labute approximate surface area is 169 Å². The van der Waals surface area contributed by atoms with E-state index >= 15 is 0 Å². The molecule has 0 aliphatic carbocycles. The molecule has 0 radical (unpaired) electrons. The number of rotatable bonds is 6. The molecule has 0 atom stereocenters. The van der Waals surface area contributed by atoms with Gasteiger partial charge in [0, 0.05) is 35.4 Å². The fourth-order valence-electron chi connectivity index (χ4n) is 2.25. The number of carbonyl (C=O) groups is 1. The molecule has 0 aromatic heterocycles. The van der Waals surface area contributed by atoms with E-state index in [9.17, 15) is 63.9 Å². The molecule has 0 unspecified atom stereocenters. The van der Waals surface area contributed by atoms with E-state index in [1.807, 2.05) is 0 Å². The van der Waals surface area contributed by atoms with Crippen molar-refractivity contribution in [3.63, 3.8) is 0 Å². The standard InChI is InChI=1S/C13H6F10N2O5S2/c14-31(15,16,17,18)11-3-7(1-9(5-11)24(27)28)13(26)8-2-10(25(29)30)6-12(4-8)32(19,20,21,22)23/h1-6H. The lowest BCUT2D eigenvalue weighted by molar-refractivity contribution is -0.385. The average molecular weight is 524 g/mol. The van der Waals surface area contributed by atoms with Gasteiger partial charge in [0.2, 0.25) is 0 Å². The molecule has 2 rings (SSSR count). The zero-order valence-corrected chi connectivity index (χ0v) is 16.1. The van der Waals surface area contributed by atoms with E-state index < -0.39 is 92.6 Å². The Hall–Kier alpha value is -3.09. The van der Waals surface area contributed by atoms with Crippen molar-refractivity contribution in [2.75, 3.05) is 0 Å². The lowest BCUT2D eigenvalue weighted by Crippen LogP contribution is -2.12. The number of non-ortho nitro benzene ring substituents is 2. The SMILES string of the molecule is O=C(c1cc([N+](=O)[O-])cc(S(F)(F)(F)(F)F)c1)c1cc([N+](=O)[O-])cc(S(F)(F)(F)(F)F)c1. The number of nitrogens with zero attached hydrogens (tertiary/aromatic N) is 2. The maximum absolute atomic E-state index is 13.1. The summed E-state index contributed by atoms with van der Waals surface area (Å²) in [6, 6.07) is -2.68. The van der Waals surface area contributed by atoms with Crippen molar-refractivity contribution >= 4 is 37.6 Å². The molecule has 19 heteroatoms. The molecule has 0 bridgehead atoms. The van der Waals surface area contributed by atoms with Crippen LogP contribution in [0.3, 0.4) is 0 Å². The van der Waals surface area contributed by atoms with Crippen molar-refractivity contribution in [3.05, 3.63) is 67.8 Å². The van der Waals surface area contributed by atoms with E-state index in [-0.39, 0.29) is 12.1 Å². The Morgan fingerprint density at radius 1 is 0.594 bits per heavy atom. The maximum Gasteiger partial charge on any atom is 0.310 e. The molecule has 0 amide bonds. The summed E-state index contributed by atoms with van der Waals surface area (Å²) in [6.07, 6.45) is 0. The zero-order valence-electron chi connectivity index (χ0n) is 14.5. The molecule has 32 heavy (non-hydrogen) atoms. The first-order valence-electron chi connectivity index (χ1n) is 7.30. The van der Waals surface area contributed by atoms with E-state index in [4.69, 9.17) is 0 Å². The summed E-state index contributed by atoms with van der Waals surface area (Å²) in [5, 5.41) is 21.6. The Balaban J connectivity index is 2.87. The number of nitro benzene ring substituents is 2. The average Bonchev–Trinajstić information content (AvgIpc) is 2.56. The van der Waals surface area contributed by atoms with Crippen molar-refractivity contribution in [2.45, 2.75) is 9.79 Å². The van der Waals surface area contributed by atoms with Crippen molar-refractivity contribution in [3.8, 4) is 0 Å². The third kappa shape index (κ3) is 5.58. The molecule has 2 aromatic carbocycles. The third-order valence-electron chi connectivity index (χ3n) is 3.62. The van der Waals surface area contributed by atoms with E-state index in [0.29, 0.717) is 0 Å². The van der Waals surface area contributed by atoms with Crippen molar-refractivity contribution in [1.29, 1.82) is 0 Å². The molecule has 0 aliphatic rings. The van der Waals surface area contributed by atoms with Gasteiger partial charge in [-0.15, -0.1) is 0 Å². The van der Waals surface area contributed by atoms with Crippen LogP contribution in [0.15, 0.2) is 46.2 Å². The highest BCUT2D eigenvalue weighted by atomic mass is 32.5. The van der Waals surface area contributed by atoms with Gasteiger partial charge in [-0.25, -0.2) is 0 Å². The minimum Gasteiger partial charge on any atom is -0.289 e. The van der Waals surface area contributed by atoms with Gasteiger partial charge in [0.15, 0.2) is 5.78 Å². The smallest absolute Gasteiger partial charge is 0.289 e. The molecular formula is C13H6F10N2O5S2. The summed E-state index contributed by atoms with van der Waals surface area (Å²) in [5.74, 6) is -2.14. The number of hydrogen-bond acceptors (Lipinski definition) is 5. The third-order valence-corrected chi connectivity index (χ3v) is 5.87. The van der Waals surface area contributed by atoms with Gasteiger partial charge in [-0.2, -0.15) is 0 Å². The van der Waals surface area contributed by atoms with Gasteiger partial charge in [-0.1, -0.05) is 38.9 Å². The highest BCUT2D eigenvalue weighted by Crippen LogP contribution is 3.03. The van der Waals surface area contributed by atoms with Crippen LogP contribution in [0.1, 0.15) is 15.9 Å². The second-order valence-electron chi connectivity index (χ2n) is 6.21. The van der Waals surface area contributed by atoms with Crippen LogP contribution >= 0.6 is 20.4 Å². The highest BCUT2D eigenvalue weighted by molar-refractivity contribution is 8.46. The van der Waals surface area contributed by atoms with E-state index in [1.165, 1.54) is 0 Å². The minimum absolute atomic E-state index is 0.0480. The first-order chi connectivity index (χ1) is 13.7. The number of hydrogen-bond donors (Lipinski definition) is 0. The summed E-state index contributed by atoms with van der Waals surface area (Å²) >= 11 is 0. The van der Waals surface area contributed by atoms with Crippen LogP contribution in [-0.4, -0.2) is 15.6 Å². The summed E-state index contributed by atoms with van der Waals surface area (Å²) in [7, 11) is -21.3. The minimum atomic E-state index is -10.7. The Kier molecular flexibility index (Phi) is 4.43. The molecule has 0 fully saturated rings. The predicted octanol–water partition coefficient (Wildman–Crippen LogP) is 8.05. The maximum atomic E-state index is 13.1. The van der Waals surface area contributed by atoms with Gasteiger partial charge >= 0.3 is 20.4 Å². The molecule has 0 saturated carbocycles. The molecular weight excluding hydrogens is 518 g/mol. The topological polar surface area (TPSA) is 103 Å². The molecule has 0 spiro atoms. The lowest BCUT2D eigenvalue weighted by Gasteiger charge is -2.40. The molecule has 180 valence electrons. The van der Waals surface area contributed by atoms with Gasteiger partial charge in [0.05, 0.1) is 9.85 Å². The van der Waals surface area contributed by atoms with Crippen LogP contribution in [0, 0.1) is 20.2 Å². The van der Waals surface area contributed by atoms with Crippen LogP contribution < -0.4 is 0 Å². The Morgan fingerprint density at radius 3 is 1.09 bits per heavy atom. The molecule has 0 N–H and O–H groups in total. The van der Waals surface area contributed by atoms with Crippen LogP contribution in [0.5, 0.6) is 0 Å². The van der Waals surface area contributed by atoms with Crippen LogP contribution in [0.2, 0.25) is 0 Å². The first kappa shape index (κ1) is 25.2. The second kappa shape index (κ2) is 5.63. The van der Waals surface area contributed by atoms with E-state index in [0.717, 1.165) is 0 Å². The van der Waals surface area contributed by atoms with Crippen molar-refractivity contribution < 1.29 is 53.5 Å². The van der Waals surface area contributed by atoms with Gasteiger partial charge in [-0.3, -0.25) is 25.0 Å². The lowest BCUT2D eigenvalue weighted by atomic mass is 10.0. The molecule has 2 aromatic rings. The van der Waals surface area contributed by atoms with Gasteiger partial charge in [-0.05, 0) is 12.1 Å². The van der Waals surface area contributed by atoms with Gasteiger partial charge in [0.25, 0.3) is 11.4 Å². The number of nitro groups is 2. The summed E-state index contributed by atoms with van der Waals surface area (Å²) in [5.41, 5.74) is -6.79. The Morgan fingerprint density at radius 2 is 0.875 bits per heavy atom. The van der Waals surface area contributed by atoms with Crippen LogP contribution in [0.25, 0.3) is 0 Å². The van der Waals surface area contributed by atoms with Crippen LogP contribution in [0.4, 0.5) is 50.2 Å². The quantitative estimate of drug-likeness (QED) is 0.165. The summed E-state index contributed by atoms with van der Waals surface area (Å²) < 4.78 is 131. The monoisotopic (exact) mass is 524 g/mol. The van der Waals surface area contributed by atoms with Crippen LogP contribution in [-0.2, 0) is 0 Å². The number of halogens is 10. The fraction of sp³-hybridized carbons (Fsp3) is 0. The molecule has 0 heterocycles. The van der Waals surface area contributed by atoms with Crippen molar-refractivity contribution in [2.24, 2.45) is 0 Å². The largest absolute Gasteiger partial charge is 0.310 e. The molecule has 7 nitrogen and oxygen atoms in total. The second-order valence-corrected chi connectivity index (χ2v) is 11.0. The zero-order chi connectivity index (χ0) is 25.3. The van der Waals surface area contributed by atoms with Crippen molar-refractivity contribution in [1.82, 2.24) is 0 Å².